The van der Waals surface area contributed by atoms with Crippen LogP contribution in [0.5, 0.6) is 0 Å². The van der Waals surface area contributed by atoms with Gasteiger partial charge in [0, 0.05) is 13.1 Å². The highest BCUT2D eigenvalue weighted by molar-refractivity contribution is 7.90. The molecule has 1 unspecified atom stereocenters. The molecule has 5 heteroatoms. The van der Waals surface area contributed by atoms with Crippen molar-refractivity contribution in [1.29, 1.82) is 0 Å². The van der Waals surface area contributed by atoms with Crippen molar-refractivity contribution < 1.29 is 8.42 Å². The predicted octanol–water partition coefficient (Wildman–Crippen LogP) is 1.09. The first-order chi connectivity index (χ1) is 7.04. The molecule has 0 aliphatic carbocycles. The van der Waals surface area contributed by atoms with E-state index in [1.165, 1.54) is 12.8 Å². The fourth-order valence-corrected chi connectivity index (χ4v) is 2.41. The van der Waals surface area contributed by atoms with Crippen molar-refractivity contribution in [3.63, 3.8) is 0 Å². The van der Waals surface area contributed by atoms with Crippen molar-refractivity contribution in [2.24, 2.45) is 0 Å². The Morgan fingerprint density at radius 2 is 1.87 bits per heavy atom. The average molecular weight is 236 g/mol. The van der Waals surface area contributed by atoms with Crippen LogP contribution in [0.2, 0.25) is 0 Å². The first-order valence-corrected chi connectivity index (χ1v) is 7.22. The molecule has 0 aliphatic heterocycles. The molecule has 0 fully saturated rings. The molecule has 0 aromatic heterocycles. The maximum absolute atomic E-state index is 11.6. The fourth-order valence-electron chi connectivity index (χ4n) is 1.31. The summed E-state index contributed by atoms with van der Waals surface area (Å²) in [5.41, 5.74) is 0. The number of rotatable bonds is 9. The zero-order valence-corrected chi connectivity index (χ0v) is 10.9. The highest BCUT2D eigenvalue weighted by atomic mass is 32.2. The van der Waals surface area contributed by atoms with E-state index in [4.69, 9.17) is 0 Å². The van der Waals surface area contributed by atoms with Gasteiger partial charge >= 0.3 is 0 Å². The zero-order chi connectivity index (χ0) is 11.7. The van der Waals surface area contributed by atoms with E-state index in [2.05, 4.69) is 17.0 Å². The van der Waals surface area contributed by atoms with Crippen molar-refractivity contribution >= 4 is 10.0 Å². The van der Waals surface area contributed by atoms with Crippen LogP contribution in [0.4, 0.5) is 0 Å². The Hall–Kier alpha value is -0.130. The van der Waals surface area contributed by atoms with Crippen LogP contribution in [0.3, 0.4) is 0 Å². The summed E-state index contributed by atoms with van der Waals surface area (Å²) in [5, 5.41) is 2.50. The maximum Gasteiger partial charge on any atom is 0.215 e. The molecule has 1 atom stereocenters. The lowest BCUT2D eigenvalue weighted by Crippen LogP contribution is -2.38. The first kappa shape index (κ1) is 14.9. The highest BCUT2D eigenvalue weighted by Gasteiger charge is 2.18. The van der Waals surface area contributed by atoms with Crippen LogP contribution in [0.25, 0.3) is 0 Å². The van der Waals surface area contributed by atoms with E-state index in [0.29, 0.717) is 13.1 Å². The van der Waals surface area contributed by atoms with Crippen molar-refractivity contribution in [1.82, 2.24) is 10.0 Å². The molecule has 0 heterocycles. The van der Waals surface area contributed by atoms with Crippen molar-refractivity contribution in [3.05, 3.63) is 0 Å². The van der Waals surface area contributed by atoms with Crippen molar-refractivity contribution in [3.8, 4) is 0 Å². The summed E-state index contributed by atoms with van der Waals surface area (Å²) in [4.78, 5) is 0. The number of hydrogen-bond acceptors (Lipinski definition) is 3. The Kier molecular flexibility index (Phi) is 8.00. The topological polar surface area (TPSA) is 58.2 Å². The summed E-state index contributed by atoms with van der Waals surface area (Å²) in [7, 11) is -1.36. The summed E-state index contributed by atoms with van der Waals surface area (Å²) in [6.07, 6.45) is 4.37. The lowest BCUT2D eigenvalue weighted by Gasteiger charge is -2.13. The lowest BCUT2D eigenvalue weighted by molar-refractivity contribution is 0.557. The van der Waals surface area contributed by atoms with E-state index in [0.717, 1.165) is 12.8 Å². The van der Waals surface area contributed by atoms with Gasteiger partial charge in [0.2, 0.25) is 10.0 Å². The summed E-state index contributed by atoms with van der Waals surface area (Å²) >= 11 is 0. The van der Waals surface area contributed by atoms with Crippen LogP contribution in [0.15, 0.2) is 0 Å². The van der Waals surface area contributed by atoms with Gasteiger partial charge in [-0.1, -0.05) is 26.2 Å². The van der Waals surface area contributed by atoms with Gasteiger partial charge in [-0.3, -0.25) is 0 Å². The summed E-state index contributed by atoms with van der Waals surface area (Å²) in [6, 6.07) is 0. The normalized spacial score (nSPS) is 14.1. The molecule has 0 aromatic rings. The van der Waals surface area contributed by atoms with Crippen LogP contribution in [-0.4, -0.2) is 33.8 Å². The third-order valence-electron chi connectivity index (χ3n) is 2.35. The molecular weight excluding hydrogens is 212 g/mol. The predicted molar refractivity (Wildman–Crippen MR) is 64.5 cm³/mol. The van der Waals surface area contributed by atoms with Gasteiger partial charge in [0.1, 0.15) is 0 Å². The molecule has 92 valence electrons. The average Bonchev–Trinajstić information content (AvgIpc) is 2.18. The SMILES string of the molecule is CCCCCCNS(=O)(=O)C(C)CNC. The molecule has 0 rings (SSSR count). The van der Waals surface area contributed by atoms with Crippen LogP contribution in [0.1, 0.15) is 39.5 Å². The molecule has 0 aromatic carbocycles. The second-order valence-corrected chi connectivity index (χ2v) is 6.05. The minimum Gasteiger partial charge on any atom is -0.318 e. The summed E-state index contributed by atoms with van der Waals surface area (Å²) in [6.45, 7) is 4.91. The molecular formula is C10H24N2O2S. The molecule has 0 radical (unpaired) electrons. The molecule has 0 amide bonds. The molecule has 0 saturated heterocycles. The molecule has 0 aliphatic rings. The van der Waals surface area contributed by atoms with Gasteiger partial charge in [-0.25, -0.2) is 13.1 Å². The Morgan fingerprint density at radius 1 is 1.20 bits per heavy atom. The maximum atomic E-state index is 11.6. The Morgan fingerprint density at radius 3 is 2.40 bits per heavy atom. The van der Waals surface area contributed by atoms with Gasteiger partial charge in [-0.15, -0.1) is 0 Å². The quantitative estimate of drug-likeness (QED) is 0.589. The third-order valence-corrected chi connectivity index (χ3v) is 4.19. The van der Waals surface area contributed by atoms with E-state index in [-0.39, 0.29) is 5.25 Å². The molecule has 0 saturated carbocycles. The standard InChI is InChI=1S/C10H24N2O2S/c1-4-5-6-7-8-12-15(13,14)10(2)9-11-3/h10-12H,4-9H2,1-3H3. The van der Waals surface area contributed by atoms with E-state index in [1.54, 1.807) is 14.0 Å². The molecule has 2 N–H and O–H groups in total. The van der Waals surface area contributed by atoms with Gasteiger partial charge < -0.3 is 5.32 Å². The van der Waals surface area contributed by atoms with Crippen LogP contribution in [-0.2, 0) is 10.0 Å². The third kappa shape index (κ3) is 6.87. The molecule has 15 heavy (non-hydrogen) atoms. The largest absolute Gasteiger partial charge is 0.318 e. The highest BCUT2D eigenvalue weighted by Crippen LogP contribution is 2.00. The molecule has 0 bridgehead atoms. The number of hydrogen-bond donors (Lipinski definition) is 2. The van der Waals surface area contributed by atoms with Gasteiger partial charge in [-0.2, -0.15) is 0 Å². The van der Waals surface area contributed by atoms with Crippen LogP contribution in [0, 0.1) is 0 Å². The Bertz CT molecular complexity index is 240. The Balaban J connectivity index is 3.74. The van der Waals surface area contributed by atoms with E-state index < -0.39 is 10.0 Å². The minimum absolute atomic E-state index is 0.367. The minimum atomic E-state index is -3.12. The van der Waals surface area contributed by atoms with Gasteiger partial charge in [0.15, 0.2) is 0 Å². The fraction of sp³-hybridized carbons (Fsp3) is 1.00. The number of nitrogens with one attached hydrogen (secondary N) is 2. The summed E-state index contributed by atoms with van der Waals surface area (Å²) < 4.78 is 25.8. The number of sulfonamides is 1. The monoisotopic (exact) mass is 236 g/mol. The van der Waals surface area contributed by atoms with Gasteiger partial charge in [0.25, 0.3) is 0 Å². The van der Waals surface area contributed by atoms with Crippen molar-refractivity contribution in [2.75, 3.05) is 20.1 Å². The second-order valence-electron chi connectivity index (χ2n) is 3.87. The van der Waals surface area contributed by atoms with Crippen LogP contribution < -0.4 is 10.0 Å². The molecule has 0 spiro atoms. The first-order valence-electron chi connectivity index (χ1n) is 5.67. The molecule has 4 nitrogen and oxygen atoms in total. The Labute approximate surface area is 93.9 Å². The van der Waals surface area contributed by atoms with Crippen molar-refractivity contribution in [2.45, 2.75) is 44.8 Å². The van der Waals surface area contributed by atoms with Crippen LogP contribution >= 0.6 is 0 Å². The lowest BCUT2D eigenvalue weighted by atomic mass is 10.2. The van der Waals surface area contributed by atoms with Gasteiger partial charge in [-0.05, 0) is 20.4 Å². The summed E-state index contributed by atoms with van der Waals surface area (Å²) in [5.74, 6) is 0. The van der Waals surface area contributed by atoms with Gasteiger partial charge in [0.05, 0.1) is 5.25 Å². The zero-order valence-electron chi connectivity index (χ0n) is 10.0. The van der Waals surface area contributed by atoms with E-state index in [1.807, 2.05) is 0 Å². The van der Waals surface area contributed by atoms with E-state index >= 15 is 0 Å². The smallest absolute Gasteiger partial charge is 0.215 e. The second kappa shape index (κ2) is 8.07. The number of unbranched alkanes of at least 4 members (excludes halogenated alkanes) is 3. The van der Waals surface area contributed by atoms with E-state index in [9.17, 15) is 8.42 Å².